The Morgan fingerprint density at radius 3 is 2.31 bits per heavy atom. The Balaban J connectivity index is 2.37. The highest BCUT2D eigenvalue weighted by Crippen LogP contribution is 2.19. The zero-order valence-corrected chi connectivity index (χ0v) is 8.82. The summed E-state index contributed by atoms with van der Waals surface area (Å²) in [4.78, 5) is 23.4. The molecule has 1 rings (SSSR count). The zero-order chi connectivity index (χ0) is 12.1. The normalized spacial score (nSPS) is 17.4. The fourth-order valence-electron chi connectivity index (χ4n) is 1.62. The van der Waals surface area contributed by atoms with Crippen molar-refractivity contribution >= 4 is 12.1 Å². The number of halogens is 2. The lowest BCUT2D eigenvalue weighted by Crippen LogP contribution is -2.41. The molecular formula is C9H13F2NO4. The summed E-state index contributed by atoms with van der Waals surface area (Å²) in [7, 11) is 1.29. The monoisotopic (exact) mass is 237 g/mol. The molecule has 1 saturated heterocycles. The van der Waals surface area contributed by atoms with E-state index in [1.807, 2.05) is 0 Å². The average Bonchev–Trinajstić information content (AvgIpc) is 2.27. The number of carbonyl (C=O) groups excluding carboxylic acids is 2. The first kappa shape index (κ1) is 12.7. The van der Waals surface area contributed by atoms with Crippen LogP contribution < -0.4 is 0 Å². The summed E-state index contributed by atoms with van der Waals surface area (Å²) in [5.74, 6) is -0.595. The SMILES string of the molecule is COC(=O)C1CCN(C(=O)OC(F)F)CC1. The van der Waals surface area contributed by atoms with Crippen LogP contribution in [0.5, 0.6) is 0 Å². The smallest absolute Gasteiger partial charge is 0.414 e. The van der Waals surface area contributed by atoms with Gasteiger partial charge in [-0.2, -0.15) is 8.78 Å². The van der Waals surface area contributed by atoms with Gasteiger partial charge in [0.1, 0.15) is 0 Å². The van der Waals surface area contributed by atoms with Crippen molar-refractivity contribution in [3.63, 3.8) is 0 Å². The molecule has 5 nitrogen and oxygen atoms in total. The van der Waals surface area contributed by atoms with E-state index in [1.54, 1.807) is 0 Å². The average molecular weight is 237 g/mol. The number of piperidine rings is 1. The lowest BCUT2D eigenvalue weighted by Gasteiger charge is -2.29. The van der Waals surface area contributed by atoms with Crippen LogP contribution in [-0.4, -0.2) is 43.8 Å². The van der Waals surface area contributed by atoms with Crippen LogP contribution in [0.25, 0.3) is 0 Å². The molecule has 0 aromatic heterocycles. The minimum absolute atomic E-state index is 0.228. The van der Waals surface area contributed by atoms with Gasteiger partial charge in [0.2, 0.25) is 0 Å². The summed E-state index contributed by atoms with van der Waals surface area (Å²) in [6.07, 6.45) is -0.228. The predicted molar refractivity (Wildman–Crippen MR) is 48.8 cm³/mol. The number of esters is 1. The number of ether oxygens (including phenoxy) is 2. The molecule has 0 aromatic rings. The van der Waals surface area contributed by atoms with Gasteiger partial charge in [-0.15, -0.1) is 0 Å². The Kier molecular flexibility index (Phi) is 4.45. The molecule has 0 aliphatic carbocycles. The third-order valence-corrected chi connectivity index (χ3v) is 2.48. The van der Waals surface area contributed by atoms with Crippen LogP contribution in [0.3, 0.4) is 0 Å². The topological polar surface area (TPSA) is 55.8 Å². The molecule has 1 fully saturated rings. The molecule has 0 N–H and O–H groups in total. The highest BCUT2D eigenvalue weighted by molar-refractivity contribution is 5.73. The van der Waals surface area contributed by atoms with Crippen molar-refractivity contribution in [3.8, 4) is 0 Å². The molecular weight excluding hydrogens is 224 g/mol. The van der Waals surface area contributed by atoms with Gasteiger partial charge in [0.25, 0.3) is 0 Å². The van der Waals surface area contributed by atoms with Crippen LogP contribution in [-0.2, 0) is 14.3 Å². The summed E-state index contributed by atoms with van der Waals surface area (Å²) in [5.41, 5.74) is 0. The first-order valence-corrected chi connectivity index (χ1v) is 4.86. The number of nitrogens with zero attached hydrogens (tertiary/aromatic N) is 1. The lowest BCUT2D eigenvalue weighted by molar-refractivity contribution is -0.147. The van der Waals surface area contributed by atoms with Gasteiger partial charge < -0.3 is 14.4 Å². The van der Waals surface area contributed by atoms with Crippen molar-refractivity contribution in [2.24, 2.45) is 5.92 Å². The van der Waals surface area contributed by atoms with Crippen molar-refractivity contribution in [1.82, 2.24) is 4.90 Å². The largest absolute Gasteiger partial charge is 0.469 e. The zero-order valence-electron chi connectivity index (χ0n) is 8.82. The summed E-state index contributed by atoms with van der Waals surface area (Å²) in [6, 6.07) is 0. The quantitative estimate of drug-likeness (QED) is 0.678. The molecule has 0 spiro atoms. The van der Waals surface area contributed by atoms with Gasteiger partial charge in [0, 0.05) is 13.1 Å². The minimum Gasteiger partial charge on any atom is -0.469 e. The first-order chi connectivity index (χ1) is 7.54. The fourth-order valence-corrected chi connectivity index (χ4v) is 1.62. The fraction of sp³-hybridized carbons (Fsp3) is 0.778. The maximum absolute atomic E-state index is 11.8. The van der Waals surface area contributed by atoms with Crippen LogP contribution >= 0.6 is 0 Å². The molecule has 92 valence electrons. The van der Waals surface area contributed by atoms with E-state index in [9.17, 15) is 18.4 Å². The van der Waals surface area contributed by atoms with Gasteiger partial charge in [0.05, 0.1) is 13.0 Å². The summed E-state index contributed by atoms with van der Waals surface area (Å²) >= 11 is 0. The number of rotatable bonds is 2. The molecule has 0 aromatic carbocycles. The van der Waals surface area contributed by atoms with Crippen molar-refractivity contribution in [3.05, 3.63) is 0 Å². The molecule has 0 bridgehead atoms. The van der Waals surface area contributed by atoms with Crippen LogP contribution in [0.15, 0.2) is 0 Å². The standard InChI is InChI=1S/C9H13F2NO4/c1-15-7(13)6-2-4-12(5-3-6)9(14)16-8(10)11/h6,8H,2-5H2,1H3. The highest BCUT2D eigenvalue weighted by Gasteiger charge is 2.29. The van der Waals surface area contributed by atoms with Gasteiger partial charge in [-0.3, -0.25) is 4.79 Å². The molecule has 0 radical (unpaired) electrons. The maximum atomic E-state index is 11.8. The second-order valence-electron chi connectivity index (χ2n) is 3.43. The molecule has 0 unspecified atom stereocenters. The highest BCUT2D eigenvalue weighted by atomic mass is 19.3. The van der Waals surface area contributed by atoms with E-state index >= 15 is 0 Å². The number of likely N-dealkylation sites (tertiary alicyclic amines) is 1. The first-order valence-electron chi connectivity index (χ1n) is 4.86. The number of alkyl halides is 2. The molecule has 7 heteroatoms. The third kappa shape index (κ3) is 3.32. The number of hydrogen-bond acceptors (Lipinski definition) is 4. The van der Waals surface area contributed by atoms with Crippen molar-refractivity contribution < 1.29 is 27.8 Å². The number of amides is 1. The summed E-state index contributed by atoms with van der Waals surface area (Å²) in [5, 5.41) is 0. The van der Waals surface area contributed by atoms with Crippen molar-refractivity contribution in [1.29, 1.82) is 0 Å². The molecule has 1 amide bonds. The van der Waals surface area contributed by atoms with E-state index in [0.29, 0.717) is 12.8 Å². The Morgan fingerprint density at radius 1 is 1.31 bits per heavy atom. The van der Waals surface area contributed by atoms with E-state index in [1.165, 1.54) is 7.11 Å². The molecule has 1 aliphatic heterocycles. The molecule has 1 aliphatic rings. The van der Waals surface area contributed by atoms with E-state index < -0.39 is 12.7 Å². The van der Waals surface area contributed by atoms with Gasteiger partial charge in [-0.25, -0.2) is 4.79 Å². The number of methoxy groups -OCH3 is 1. The van der Waals surface area contributed by atoms with Gasteiger partial charge >= 0.3 is 18.7 Å². The Hall–Kier alpha value is -1.40. The molecule has 0 atom stereocenters. The summed E-state index contributed by atoms with van der Waals surface area (Å²) in [6.45, 7) is -2.65. The van der Waals surface area contributed by atoms with E-state index in [2.05, 4.69) is 9.47 Å². The Bertz CT molecular complexity index is 264. The third-order valence-electron chi connectivity index (χ3n) is 2.48. The Morgan fingerprint density at radius 2 is 1.88 bits per heavy atom. The maximum Gasteiger partial charge on any atom is 0.414 e. The number of carbonyl (C=O) groups is 2. The second-order valence-corrected chi connectivity index (χ2v) is 3.43. The van der Waals surface area contributed by atoms with E-state index in [0.717, 1.165) is 4.90 Å². The van der Waals surface area contributed by atoms with Gasteiger partial charge in [0.15, 0.2) is 0 Å². The van der Waals surface area contributed by atoms with Crippen LogP contribution in [0.2, 0.25) is 0 Å². The molecule has 1 heterocycles. The van der Waals surface area contributed by atoms with Crippen LogP contribution in [0.1, 0.15) is 12.8 Å². The Labute approximate surface area is 91.3 Å². The van der Waals surface area contributed by atoms with Crippen LogP contribution in [0.4, 0.5) is 13.6 Å². The molecule has 16 heavy (non-hydrogen) atoms. The molecule has 0 saturated carbocycles. The van der Waals surface area contributed by atoms with Gasteiger partial charge in [-0.1, -0.05) is 0 Å². The van der Waals surface area contributed by atoms with Crippen molar-refractivity contribution in [2.75, 3.05) is 20.2 Å². The van der Waals surface area contributed by atoms with Crippen LogP contribution in [0, 0.1) is 5.92 Å². The second kappa shape index (κ2) is 5.62. The minimum atomic E-state index is -3.11. The van der Waals surface area contributed by atoms with E-state index in [4.69, 9.17) is 0 Å². The summed E-state index contributed by atoms with van der Waals surface area (Å²) < 4.78 is 31.8. The van der Waals surface area contributed by atoms with E-state index in [-0.39, 0.29) is 25.0 Å². The van der Waals surface area contributed by atoms with Gasteiger partial charge in [-0.05, 0) is 12.8 Å². The lowest BCUT2D eigenvalue weighted by atomic mass is 9.97. The number of hydrogen-bond donors (Lipinski definition) is 0. The predicted octanol–water partition coefficient (Wildman–Crippen LogP) is 1.23. The van der Waals surface area contributed by atoms with Crippen molar-refractivity contribution in [2.45, 2.75) is 19.5 Å².